The summed E-state index contributed by atoms with van der Waals surface area (Å²) < 4.78 is 23.2. The van der Waals surface area contributed by atoms with E-state index in [0.717, 1.165) is 11.4 Å². The van der Waals surface area contributed by atoms with Gasteiger partial charge in [0.25, 0.3) is 0 Å². The van der Waals surface area contributed by atoms with Gasteiger partial charge in [-0.15, -0.1) is 0 Å². The topological polar surface area (TPSA) is 47.6 Å². The molecule has 0 heterocycles. The number of hydrogen-bond acceptors (Lipinski definition) is 4. The largest absolute Gasteiger partial charge is 0.497 e. The number of halogens is 1. The summed E-state index contributed by atoms with van der Waals surface area (Å²) in [6.07, 6.45) is 0. The van der Waals surface area contributed by atoms with Gasteiger partial charge < -0.3 is 14.8 Å². The Labute approximate surface area is 128 Å². The second-order valence-electron chi connectivity index (χ2n) is 4.61. The highest BCUT2D eigenvalue weighted by Crippen LogP contribution is 2.23. The molecule has 4 nitrogen and oxygen atoms in total. The first-order chi connectivity index (χ1) is 10.6. The molecule has 0 fully saturated rings. The number of carbonyl (C=O) groups excluding carboxylic acids is 1. The van der Waals surface area contributed by atoms with Crippen LogP contribution in [0, 0.1) is 5.82 Å². The van der Waals surface area contributed by atoms with Crippen LogP contribution in [0.15, 0.2) is 48.5 Å². The normalized spacial score (nSPS) is 11.6. The molecule has 0 radical (unpaired) electrons. The Bertz CT molecular complexity index is 611. The van der Waals surface area contributed by atoms with Crippen molar-refractivity contribution in [3.8, 4) is 5.75 Å². The first-order valence-electron chi connectivity index (χ1n) is 6.96. The van der Waals surface area contributed by atoms with Gasteiger partial charge in [0.1, 0.15) is 11.6 Å². The van der Waals surface area contributed by atoms with Crippen LogP contribution < -0.4 is 10.1 Å². The second-order valence-corrected chi connectivity index (χ2v) is 4.61. The predicted octanol–water partition coefficient (Wildman–Crippen LogP) is 3.55. The van der Waals surface area contributed by atoms with Crippen molar-refractivity contribution in [1.29, 1.82) is 0 Å². The Morgan fingerprint density at radius 2 is 1.77 bits per heavy atom. The fourth-order valence-electron chi connectivity index (χ4n) is 2.01. The van der Waals surface area contributed by atoms with E-state index in [4.69, 9.17) is 9.47 Å². The zero-order valence-electron chi connectivity index (χ0n) is 12.5. The molecule has 0 saturated heterocycles. The number of anilines is 1. The number of benzene rings is 2. The average Bonchev–Trinajstić information content (AvgIpc) is 2.54. The average molecular weight is 303 g/mol. The van der Waals surface area contributed by atoms with Gasteiger partial charge in [-0.1, -0.05) is 12.1 Å². The minimum Gasteiger partial charge on any atom is -0.497 e. The summed E-state index contributed by atoms with van der Waals surface area (Å²) in [5, 5.41) is 3.10. The minimum absolute atomic E-state index is 0.279. The lowest BCUT2D eigenvalue weighted by Gasteiger charge is -2.19. The lowest BCUT2D eigenvalue weighted by Crippen LogP contribution is -2.23. The molecule has 2 aromatic carbocycles. The van der Waals surface area contributed by atoms with Crippen LogP contribution in [0.5, 0.6) is 5.75 Å². The van der Waals surface area contributed by atoms with Crippen LogP contribution in [0.3, 0.4) is 0 Å². The van der Waals surface area contributed by atoms with Crippen LogP contribution in [0.4, 0.5) is 10.1 Å². The summed E-state index contributed by atoms with van der Waals surface area (Å²) in [5.74, 6) is -0.0410. The number of nitrogens with one attached hydrogen (secondary N) is 1. The first-order valence-corrected chi connectivity index (χ1v) is 6.96. The van der Waals surface area contributed by atoms with E-state index in [1.807, 2.05) is 0 Å². The molecule has 2 aromatic rings. The molecular formula is C17H18FNO3. The smallest absolute Gasteiger partial charge is 0.333 e. The van der Waals surface area contributed by atoms with Crippen molar-refractivity contribution in [2.45, 2.75) is 13.0 Å². The Balaban J connectivity index is 2.23. The van der Waals surface area contributed by atoms with Gasteiger partial charge in [0.15, 0.2) is 6.04 Å². The Morgan fingerprint density at radius 3 is 2.32 bits per heavy atom. The summed E-state index contributed by atoms with van der Waals surface area (Å²) in [6.45, 7) is 2.02. The van der Waals surface area contributed by atoms with Gasteiger partial charge in [0.2, 0.25) is 0 Å². The van der Waals surface area contributed by atoms with E-state index in [-0.39, 0.29) is 12.4 Å². The van der Waals surface area contributed by atoms with Gasteiger partial charge in [0, 0.05) is 5.69 Å². The van der Waals surface area contributed by atoms with Crippen molar-refractivity contribution in [3.63, 3.8) is 0 Å². The van der Waals surface area contributed by atoms with Gasteiger partial charge in [-0.05, 0) is 48.9 Å². The molecule has 22 heavy (non-hydrogen) atoms. The standard InChI is InChI=1S/C17H18FNO3/c1-3-22-17(20)16(12-4-6-13(18)7-5-12)19-14-8-10-15(21-2)11-9-14/h4-11,16,19H,3H2,1-2H3. The van der Waals surface area contributed by atoms with Gasteiger partial charge in [-0.3, -0.25) is 0 Å². The number of methoxy groups -OCH3 is 1. The molecule has 1 N–H and O–H groups in total. The van der Waals surface area contributed by atoms with E-state index in [2.05, 4.69) is 5.32 Å². The summed E-state index contributed by atoms with van der Waals surface area (Å²) in [5.41, 5.74) is 1.37. The monoisotopic (exact) mass is 303 g/mol. The molecule has 1 atom stereocenters. The maximum absolute atomic E-state index is 13.1. The Hall–Kier alpha value is -2.56. The molecule has 1 unspecified atom stereocenters. The van der Waals surface area contributed by atoms with Crippen molar-refractivity contribution in [1.82, 2.24) is 0 Å². The third-order valence-corrected chi connectivity index (χ3v) is 3.13. The fraction of sp³-hybridized carbons (Fsp3) is 0.235. The molecule has 0 bridgehead atoms. The summed E-state index contributed by atoms with van der Waals surface area (Å²) in [4.78, 5) is 12.2. The van der Waals surface area contributed by atoms with Gasteiger partial charge in [-0.25, -0.2) is 9.18 Å². The van der Waals surface area contributed by atoms with Crippen molar-refractivity contribution < 1.29 is 18.7 Å². The number of rotatable bonds is 6. The Morgan fingerprint density at radius 1 is 1.14 bits per heavy atom. The third kappa shape index (κ3) is 3.97. The molecule has 0 aromatic heterocycles. The van der Waals surface area contributed by atoms with E-state index >= 15 is 0 Å². The molecule has 0 aliphatic heterocycles. The van der Waals surface area contributed by atoms with E-state index in [0.29, 0.717) is 5.56 Å². The fourth-order valence-corrected chi connectivity index (χ4v) is 2.01. The maximum atomic E-state index is 13.1. The van der Waals surface area contributed by atoms with Crippen molar-refractivity contribution in [2.24, 2.45) is 0 Å². The highest BCUT2D eigenvalue weighted by Gasteiger charge is 2.21. The minimum atomic E-state index is -0.700. The highest BCUT2D eigenvalue weighted by molar-refractivity contribution is 5.81. The van der Waals surface area contributed by atoms with Crippen molar-refractivity contribution in [2.75, 3.05) is 19.0 Å². The van der Waals surface area contributed by atoms with E-state index < -0.39 is 12.0 Å². The summed E-state index contributed by atoms with van der Waals surface area (Å²) >= 11 is 0. The highest BCUT2D eigenvalue weighted by atomic mass is 19.1. The van der Waals surface area contributed by atoms with Crippen molar-refractivity contribution in [3.05, 3.63) is 59.9 Å². The van der Waals surface area contributed by atoms with Gasteiger partial charge in [0.05, 0.1) is 13.7 Å². The summed E-state index contributed by atoms with van der Waals surface area (Å²) in [7, 11) is 1.59. The SMILES string of the molecule is CCOC(=O)C(Nc1ccc(OC)cc1)c1ccc(F)cc1. The van der Waals surface area contributed by atoms with Crippen LogP contribution in [0.25, 0.3) is 0 Å². The second kappa shape index (κ2) is 7.45. The molecule has 5 heteroatoms. The maximum Gasteiger partial charge on any atom is 0.333 e. The quantitative estimate of drug-likeness (QED) is 0.829. The zero-order valence-corrected chi connectivity index (χ0v) is 12.5. The third-order valence-electron chi connectivity index (χ3n) is 3.13. The van der Waals surface area contributed by atoms with Crippen LogP contribution in [0.2, 0.25) is 0 Å². The lowest BCUT2D eigenvalue weighted by atomic mass is 10.1. The lowest BCUT2D eigenvalue weighted by molar-refractivity contribution is -0.144. The van der Waals surface area contributed by atoms with Gasteiger partial charge >= 0.3 is 5.97 Å². The molecule has 0 aliphatic carbocycles. The molecular weight excluding hydrogens is 285 g/mol. The summed E-state index contributed by atoms with van der Waals surface area (Å²) in [6, 6.07) is 12.2. The van der Waals surface area contributed by atoms with Crippen molar-refractivity contribution >= 4 is 11.7 Å². The van der Waals surface area contributed by atoms with E-state index in [1.165, 1.54) is 12.1 Å². The van der Waals surface area contributed by atoms with Crippen LogP contribution in [-0.2, 0) is 9.53 Å². The predicted molar refractivity (Wildman–Crippen MR) is 82.4 cm³/mol. The van der Waals surface area contributed by atoms with Crippen LogP contribution in [0.1, 0.15) is 18.5 Å². The van der Waals surface area contributed by atoms with E-state index in [9.17, 15) is 9.18 Å². The number of hydrogen-bond donors (Lipinski definition) is 1. The number of carbonyl (C=O) groups is 1. The molecule has 0 amide bonds. The van der Waals surface area contributed by atoms with E-state index in [1.54, 1.807) is 50.4 Å². The molecule has 116 valence electrons. The van der Waals surface area contributed by atoms with Gasteiger partial charge in [-0.2, -0.15) is 0 Å². The number of ether oxygens (including phenoxy) is 2. The number of esters is 1. The molecule has 0 aliphatic rings. The van der Waals surface area contributed by atoms with Crippen LogP contribution >= 0.6 is 0 Å². The molecule has 0 saturated carbocycles. The first kappa shape index (κ1) is 15.8. The zero-order chi connectivity index (χ0) is 15.9. The molecule has 2 rings (SSSR count). The Kier molecular flexibility index (Phi) is 5.36. The molecule has 0 spiro atoms. The van der Waals surface area contributed by atoms with Crippen LogP contribution in [-0.4, -0.2) is 19.7 Å².